The van der Waals surface area contributed by atoms with Crippen LogP contribution in [0.15, 0.2) is 24.3 Å². The molecule has 2 rings (SSSR count). The smallest absolute Gasteiger partial charge is 0.337 e. The molecule has 0 spiro atoms. The highest BCUT2D eigenvalue weighted by Gasteiger charge is 2.25. The van der Waals surface area contributed by atoms with Gasteiger partial charge in [0.05, 0.1) is 24.1 Å². The molecule has 1 fully saturated rings. The highest BCUT2D eigenvalue weighted by Crippen LogP contribution is 2.17. The lowest BCUT2D eigenvalue weighted by molar-refractivity contribution is 0.0600. The fourth-order valence-electron chi connectivity index (χ4n) is 1.89. The third-order valence-electron chi connectivity index (χ3n) is 2.97. The topological polar surface area (TPSA) is 47.6 Å². The normalized spacial score (nSPS) is 22.8. The van der Waals surface area contributed by atoms with Crippen LogP contribution in [0.5, 0.6) is 5.75 Å². The molecule has 0 aromatic heterocycles. The molecule has 0 amide bonds. The Labute approximate surface area is 111 Å². The SMILES string of the molecule is COC(=O)c1ccc(OC[C@@H]2NCCC2Cl)cc1. The van der Waals surface area contributed by atoms with Crippen LogP contribution >= 0.6 is 11.6 Å². The van der Waals surface area contributed by atoms with Crippen molar-refractivity contribution < 1.29 is 14.3 Å². The van der Waals surface area contributed by atoms with E-state index in [1.165, 1.54) is 7.11 Å². The number of alkyl halides is 1. The van der Waals surface area contributed by atoms with Crippen molar-refractivity contribution >= 4 is 17.6 Å². The van der Waals surface area contributed by atoms with E-state index in [-0.39, 0.29) is 17.4 Å². The number of esters is 1. The van der Waals surface area contributed by atoms with Crippen LogP contribution in [0.25, 0.3) is 0 Å². The van der Waals surface area contributed by atoms with Gasteiger partial charge in [-0.1, -0.05) is 0 Å². The number of halogens is 1. The lowest BCUT2D eigenvalue weighted by Crippen LogP contribution is -2.33. The second-order valence-corrected chi connectivity index (χ2v) is 4.75. The van der Waals surface area contributed by atoms with E-state index in [4.69, 9.17) is 16.3 Å². The van der Waals surface area contributed by atoms with Gasteiger partial charge in [0.25, 0.3) is 0 Å². The molecule has 0 bridgehead atoms. The molecule has 5 heteroatoms. The average Bonchev–Trinajstić information content (AvgIpc) is 2.81. The molecule has 1 saturated heterocycles. The molecule has 18 heavy (non-hydrogen) atoms. The van der Waals surface area contributed by atoms with Crippen molar-refractivity contribution in [2.24, 2.45) is 0 Å². The van der Waals surface area contributed by atoms with Gasteiger partial charge in [-0.25, -0.2) is 4.79 Å². The van der Waals surface area contributed by atoms with Gasteiger partial charge in [-0.05, 0) is 37.2 Å². The van der Waals surface area contributed by atoms with E-state index in [2.05, 4.69) is 10.1 Å². The molecule has 1 unspecified atom stereocenters. The van der Waals surface area contributed by atoms with Crippen LogP contribution in [0.1, 0.15) is 16.8 Å². The molecule has 0 saturated carbocycles. The Morgan fingerprint density at radius 2 is 2.17 bits per heavy atom. The summed E-state index contributed by atoms with van der Waals surface area (Å²) in [5, 5.41) is 3.41. The van der Waals surface area contributed by atoms with Crippen LogP contribution in [0.2, 0.25) is 0 Å². The van der Waals surface area contributed by atoms with Crippen LogP contribution in [0, 0.1) is 0 Å². The van der Waals surface area contributed by atoms with Gasteiger partial charge in [0.15, 0.2) is 0 Å². The number of benzene rings is 1. The molecule has 98 valence electrons. The van der Waals surface area contributed by atoms with E-state index in [1.807, 2.05) is 0 Å². The third kappa shape index (κ3) is 3.15. The molecule has 1 heterocycles. The Hall–Kier alpha value is -1.26. The highest BCUT2D eigenvalue weighted by atomic mass is 35.5. The summed E-state index contributed by atoms with van der Waals surface area (Å²) in [6, 6.07) is 7.06. The second-order valence-electron chi connectivity index (χ2n) is 4.19. The molecule has 1 aromatic rings. The predicted octanol–water partition coefficient (Wildman–Crippen LogP) is 1.82. The molecule has 1 aromatic carbocycles. The fraction of sp³-hybridized carbons (Fsp3) is 0.462. The van der Waals surface area contributed by atoms with E-state index in [0.29, 0.717) is 12.2 Å². The van der Waals surface area contributed by atoms with Gasteiger partial charge >= 0.3 is 5.97 Å². The molecule has 2 atom stereocenters. The maximum absolute atomic E-state index is 11.2. The first-order valence-electron chi connectivity index (χ1n) is 5.89. The maximum atomic E-state index is 11.2. The van der Waals surface area contributed by atoms with Gasteiger partial charge in [-0.15, -0.1) is 11.6 Å². The third-order valence-corrected chi connectivity index (χ3v) is 3.49. The maximum Gasteiger partial charge on any atom is 0.337 e. The monoisotopic (exact) mass is 269 g/mol. The Balaban J connectivity index is 1.88. The van der Waals surface area contributed by atoms with Crippen molar-refractivity contribution in [1.82, 2.24) is 5.32 Å². The predicted molar refractivity (Wildman–Crippen MR) is 69.3 cm³/mol. The number of methoxy groups -OCH3 is 1. The van der Waals surface area contributed by atoms with Gasteiger partial charge in [-0.2, -0.15) is 0 Å². The summed E-state index contributed by atoms with van der Waals surface area (Å²) >= 11 is 6.13. The largest absolute Gasteiger partial charge is 0.492 e. The highest BCUT2D eigenvalue weighted by molar-refractivity contribution is 6.21. The standard InChI is InChI=1S/C13H16ClNO3/c1-17-13(16)9-2-4-10(5-3-9)18-8-12-11(14)6-7-15-12/h2-5,11-12,15H,6-8H2,1H3/t11?,12-/m0/s1. The summed E-state index contributed by atoms with van der Waals surface area (Å²) in [6.07, 6.45) is 0.969. The molecule has 0 aliphatic carbocycles. The number of carbonyl (C=O) groups excluding carboxylic acids is 1. The molecule has 1 N–H and O–H groups in total. The first-order valence-corrected chi connectivity index (χ1v) is 6.33. The first kappa shape index (κ1) is 13.2. The summed E-state index contributed by atoms with van der Waals surface area (Å²) in [5.74, 6) is 0.375. The molecule has 0 radical (unpaired) electrons. The van der Waals surface area contributed by atoms with Gasteiger partial charge in [0.1, 0.15) is 12.4 Å². The van der Waals surface area contributed by atoms with Crippen molar-refractivity contribution in [2.45, 2.75) is 17.8 Å². The Morgan fingerprint density at radius 3 is 2.72 bits per heavy atom. The van der Waals surface area contributed by atoms with Crippen molar-refractivity contribution in [2.75, 3.05) is 20.3 Å². The number of carbonyl (C=O) groups is 1. The average molecular weight is 270 g/mol. The van der Waals surface area contributed by atoms with Crippen molar-refractivity contribution in [1.29, 1.82) is 0 Å². The van der Waals surface area contributed by atoms with Crippen LogP contribution in [0.4, 0.5) is 0 Å². The minimum atomic E-state index is -0.347. The summed E-state index contributed by atoms with van der Waals surface area (Å²) < 4.78 is 10.3. The molecular weight excluding hydrogens is 254 g/mol. The van der Waals surface area contributed by atoms with Crippen LogP contribution in [0.3, 0.4) is 0 Å². The zero-order valence-electron chi connectivity index (χ0n) is 10.2. The Kier molecular flexibility index (Phi) is 4.44. The van der Waals surface area contributed by atoms with Gasteiger partial charge in [-0.3, -0.25) is 0 Å². The number of nitrogens with one attached hydrogen (secondary N) is 1. The van der Waals surface area contributed by atoms with Crippen LogP contribution in [-0.4, -0.2) is 37.6 Å². The minimum Gasteiger partial charge on any atom is -0.492 e. The summed E-state index contributed by atoms with van der Waals surface area (Å²) in [6.45, 7) is 1.47. The number of hydrogen-bond acceptors (Lipinski definition) is 4. The lowest BCUT2D eigenvalue weighted by Gasteiger charge is -2.15. The van der Waals surface area contributed by atoms with E-state index in [9.17, 15) is 4.79 Å². The summed E-state index contributed by atoms with van der Waals surface area (Å²) in [5.41, 5.74) is 0.513. The number of ether oxygens (including phenoxy) is 2. The van der Waals surface area contributed by atoms with E-state index in [0.717, 1.165) is 18.7 Å². The zero-order valence-corrected chi connectivity index (χ0v) is 10.9. The second kappa shape index (κ2) is 6.07. The quantitative estimate of drug-likeness (QED) is 0.669. The molecule has 1 aliphatic rings. The van der Waals surface area contributed by atoms with E-state index < -0.39 is 0 Å². The van der Waals surface area contributed by atoms with Crippen LogP contribution in [-0.2, 0) is 4.74 Å². The zero-order chi connectivity index (χ0) is 13.0. The minimum absolute atomic E-state index is 0.124. The summed E-state index contributed by atoms with van der Waals surface area (Å²) in [7, 11) is 1.36. The van der Waals surface area contributed by atoms with Gasteiger partial charge < -0.3 is 14.8 Å². The van der Waals surface area contributed by atoms with Crippen molar-refractivity contribution in [3.63, 3.8) is 0 Å². The van der Waals surface area contributed by atoms with Crippen molar-refractivity contribution in [3.8, 4) is 5.75 Å². The first-order chi connectivity index (χ1) is 8.70. The number of rotatable bonds is 4. The van der Waals surface area contributed by atoms with Gasteiger partial charge in [0.2, 0.25) is 0 Å². The van der Waals surface area contributed by atoms with E-state index in [1.54, 1.807) is 24.3 Å². The van der Waals surface area contributed by atoms with Gasteiger partial charge in [0, 0.05) is 0 Å². The van der Waals surface area contributed by atoms with E-state index >= 15 is 0 Å². The molecular formula is C13H16ClNO3. The van der Waals surface area contributed by atoms with Crippen molar-refractivity contribution in [3.05, 3.63) is 29.8 Å². The fourth-order valence-corrected chi connectivity index (χ4v) is 2.16. The lowest BCUT2D eigenvalue weighted by atomic mass is 10.2. The number of hydrogen-bond donors (Lipinski definition) is 1. The Bertz CT molecular complexity index is 407. The molecule has 4 nitrogen and oxygen atoms in total. The molecule has 1 aliphatic heterocycles. The summed E-state index contributed by atoms with van der Waals surface area (Å²) in [4.78, 5) is 11.2. The van der Waals surface area contributed by atoms with Crippen LogP contribution < -0.4 is 10.1 Å². The Morgan fingerprint density at radius 1 is 1.44 bits per heavy atom.